The van der Waals surface area contributed by atoms with Gasteiger partial charge in [0.15, 0.2) is 0 Å². The molecule has 4 nitrogen and oxygen atoms in total. The Morgan fingerprint density at radius 2 is 1.71 bits per heavy atom. The van der Waals surface area contributed by atoms with Gasteiger partial charge in [0.05, 0.1) is 11.8 Å². The number of allylic oxidation sites excluding steroid dienone is 2. The third-order valence-corrected chi connectivity index (χ3v) is 5.56. The van der Waals surface area contributed by atoms with E-state index in [9.17, 15) is 14.7 Å². The number of benzene rings is 1. The van der Waals surface area contributed by atoms with E-state index in [0.717, 1.165) is 19.3 Å². The summed E-state index contributed by atoms with van der Waals surface area (Å²) in [6.07, 6.45) is 2.60. The van der Waals surface area contributed by atoms with Crippen LogP contribution in [0.1, 0.15) is 32.3 Å². The molecule has 2 N–H and O–H groups in total. The number of nitrogens with one attached hydrogen (secondary N) is 1. The number of rotatable bonds is 5. The highest BCUT2D eigenvalue weighted by atomic mass is 16.4. The molecule has 128 valence electrons. The smallest absolute Gasteiger partial charge is 0.307 e. The molecule has 2 fully saturated rings. The summed E-state index contributed by atoms with van der Waals surface area (Å²) in [4.78, 5) is 24.5. The Morgan fingerprint density at radius 1 is 1.08 bits per heavy atom. The Hall–Kier alpha value is -2.10. The lowest BCUT2D eigenvalue weighted by Gasteiger charge is -2.26. The van der Waals surface area contributed by atoms with E-state index in [1.165, 1.54) is 16.7 Å². The number of aliphatic carboxylic acids is 1. The third-order valence-electron chi connectivity index (χ3n) is 5.56. The number of carbonyl (C=O) groups excluding carboxylic acids is 1. The number of carboxylic acid groups (broad SMARTS) is 1. The van der Waals surface area contributed by atoms with Gasteiger partial charge in [0.2, 0.25) is 5.91 Å². The highest BCUT2D eigenvalue weighted by Gasteiger charge is 2.57. The molecular formula is C20H25NO3. The first kappa shape index (κ1) is 16.7. The lowest BCUT2D eigenvalue weighted by molar-refractivity contribution is -0.149. The number of hydrogen-bond donors (Lipinski definition) is 2. The maximum Gasteiger partial charge on any atom is 0.307 e. The summed E-state index contributed by atoms with van der Waals surface area (Å²) < 4.78 is 0. The van der Waals surface area contributed by atoms with Crippen LogP contribution in [0.4, 0.5) is 0 Å². The monoisotopic (exact) mass is 327 g/mol. The van der Waals surface area contributed by atoms with E-state index in [1.807, 2.05) is 44.2 Å². The van der Waals surface area contributed by atoms with Crippen LogP contribution < -0.4 is 5.32 Å². The van der Waals surface area contributed by atoms with Gasteiger partial charge in [-0.2, -0.15) is 0 Å². The number of carbonyl (C=O) groups is 2. The normalized spacial score (nSPS) is 28.0. The fraction of sp³-hybridized carbons (Fsp3) is 0.500. The molecule has 4 heteroatoms. The molecule has 1 aromatic carbocycles. The molecular weight excluding hydrogens is 302 g/mol. The van der Waals surface area contributed by atoms with Gasteiger partial charge in [-0.3, -0.25) is 9.59 Å². The minimum absolute atomic E-state index is 0.0439. The second-order valence-corrected chi connectivity index (χ2v) is 7.16. The molecule has 0 spiro atoms. The first-order valence-electron chi connectivity index (χ1n) is 8.72. The van der Waals surface area contributed by atoms with Gasteiger partial charge in [0.25, 0.3) is 0 Å². The summed E-state index contributed by atoms with van der Waals surface area (Å²) >= 11 is 0. The average Bonchev–Trinajstić information content (AvgIpc) is 3.11. The van der Waals surface area contributed by atoms with Crippen molar-refractivity contribution in [2.75, 3.05) is 6.54 Å². The summed E-state index contributed by atoms with van der Waals surface area (Å²) in [7, 11) is 0. The predicted octanol–water partition coefficient (Wildman–Crippen LogP) is 3.04. The van der Waals surface area contributed by atoms with Gasteiger partial charge in [-0.15, -0.1) is 0 Å². The lowest BCUT2D eigenvalue weighted by atomic mass is 9.78. The van der Waals surface area contributed by atoms with Crippen LogP contribution in [0.5, 0.6) is 0 Å². The molecule has 4 atom stereocenters. The van der Waals surface area contributed by atoms with Crippen LogP contribution in [-0.4, -0.2) is 23.5 Å². The highest BCUT2D eigenvalue weighted by Crippen LogP contribution is 2.57. The Morgan fingerprint density at radius 3 is 2.29 bits per heavy atom. The molecule has 0 radical (unpaired) electrons. The van der Waals surface area contributed by atoms with Gasteiger partial charge >= 0.3 is 5.97 Å². The summed E-state index contributed by atoms with van der Waals surface area (Å²) in [5.41, 5.74) is 3.59. The second kappa shape index (κ2) is 6.80. The van der Waals surface area contributed by atoms with Crippen molar-refractivity contribution >= 4 is 11.9 Å². The molecule has 2 aliphatic carbocycles. The zero-order chi connectivity index (χ0) is 17.3. The van der Waals surface area contributed by atoms with Crippen molar-refractivity contribution in [1.29, 1.82) is 0 Å². The van der Waals surface area contributed by atoms with E-state index in [4.69, 9.17) is 0 Å². The molecule has 0 unspecified atom stereocenters. The number of amides is 1. The van der Waals surface area contributed by atoms with E-state index in [-0.39, 0.29) is 17.7 Å². The minimum Gasteiger partial charge on any atom is -0.481 e. The molecule has 2 aliphatic rings. The summed E-state index contributed by atoms with van der Waals surface area (Å²) in [5, 5.41) is 12.6. The Labute approximate surface area is 143 Å². The zero-order valence-corrected chi connectivity index (χ0v) is 14.3. The first-order valence-corrected chi connectivity index (χ1v) is 8.72. The van der Waals surface area contributed by atoms with Crippen LogP contribution in [-0.2, 0) is 16.0 Å². The Kier molecular flexibility index (Phi) is 4.74. The largest absolute Gasteiger partial charge is 0.481 e. The average molecular weight is 327 g/mol. The summed E-state index contributed by atoms with van der Waals surface area (Å²) in [6, 6.07) is 10.00. The van der Waals surface area contributed by atoms with Crippen molar-refractivity contribution in [1.82, 2.24) is 5.32 Å². The molecule has 2 saturated carbocycles. The van der Waals surface area contributed by atoms with Gasteiger partial charge in [-0.05, 0) is 50.5 Å². The third kappa shape index (κ3) is 2.97. The van der Waals surface area contributed by atoms with E-state index in [1.54, 1.807) is 0 Å². The standard InChI is InChI=1S/C20H25NO3/c1-12(2)16-14-8-9-15(16)18(20(23)24)17(14)19(22)21-11-10-13-6-4-3-5-7-13/h3-7,14-15,17-18H,8-11H2,1-2H3,(H,21,22)(H,23,24)/t14-,15-,17+,18-/m0/s1. The molecule has 0 heterocycles. The maximum absolute atomic E-state index is 12.7. The summed E-state index contributed by atoms with van der Waals surface area (Å²) in [6.45, 7) is 4.62. The Bertz CT molecular complexity index is 661. The van der Waals surface area contributed by atoms with Crippen LogP contribution in [0.25, 0.3) is 0 Å². The second-order valence-electron chi connectivity index (χ2n) is 7.16. The maximum atomic E-state index is 12.7. The predicted molar refractivity (Wildman–Crippen MR) is 92.4 cm³/mol. The molecule has 0 aliphatic heterocycles. The number of hydrogen-bond acceptors (Lipinski definition) is 2. The first-order chi connectivity index (χ1) is 11.5. The highest BCUT2D eigenvalue weighted by molar-refractivity contribution is 5.87. The van der Waals surface area contributed by atoms with Crippen molar-refractivity contribution in [3.63, 3.8) is 0 Å². The molecule has 3 rings (SSSR count). The van der Waals surface area contributed by atoms with Crippen molar-refractivity contribution in [3.05, 3.63) is 47.0 Å². The van der Waals surface area contributed by atoms with Crippen LogP contribution >= 0.6 is 0 Å². The quantitative estimate of drug-likeness (QED) is 0.817. The lowest BCUT2D eigenvalue weighted by Crippen LogP contribution is -2.41. The molecule has 24 heavy (non-hydrogen) atoms. The number of carboxylic acids is 1. The van der Waals surface area contributed by atoms with Crippen LogP contribution in [0, 0.1) is 23.7 Å². The van der Waals surface area contributed by atoms with Crippen molar-refractivity contribution in [3.8, 4) is 0 Å². The SMILES string of the molecule is CC(C)=C1[C@@H]2CC[C@@H]1[C@@H](C(=O)NCCc1ccccc1)[C@H]2C(=O)O. The van der Waals surface area contributed by atoms with Crippen LogP contribution in [0.2, 0.25) is 0 Å². The fourth-order valence-electron chi connectivity index (χ4n) is 4.70. The Balaban J connectivity index is 1.69. The minimum atomic E-state index is -0.829. The van der Waals surface area contributed by atoms with Crippen molar-refractivity contribution in [2.24, 2.45) is 23.7 Å². The van der Waals surface area contributed by atoms with Crippen LogP contribution in [0.15, 0.2) is 41.5 Å². The molecule has 0 saturated heterocycles. The van der Waals surface area contributed by atoms with E-state index < -0.39 is 17.8 Å². The molecule has 1 aromatic rings. The van der Waals surface area contributed by atoms with Gasteiger partial charge in [0, 0.05) is 6.54 Å². The van der Waals surface area contributed by atoms with Crippen LogP contribution in [0.3, 0.4) is 0 Å². The molecule has 0 aromatic heterocycles. The van der Waals surface area contributed by atoms with Gasteiger partial charge in [-0.1, -0.05) is 41.5 Å². The van der Waals surface area contributed by atoms with Crippen molar-refractivity contribution < 1.29 is 14.7 Å². The molecule has 2 bridgehead atoms. The van der Waals surface area contributed by atoms with Gasteiger partial charge in [0.1, 0.15) is 0 Å². The van der Waals surface area contributed by atoms with E-state index >= 15 is 0 Å². The van der Waals surface area contributed by atoms with Gasteiger partial charge in [-0.25, -0.2) is 0 Å². The van der Waals surface area contributed by atoms with E-state index in [0.29, 0.717) is 6.54 Å². The van der Waals surface area contributed by atoms with Gasteiger partial charge < -0.3 is 10.4 Å². The van der Waals surface area contributed by atoms with E-state index in [2.05, 4.69) is 5.32 Å². The van der Waals surface area contributed by atoms with Crippen molar-refractivity contribution in [2.45, 2.75) is 33.1 Å². The summed E-state index contributed by atoms with van der Waals surface area (Å²) in [5.74, 6) is -1.75. The fourth-order valence-corrected chi connectivity index (χ4v) is 4.70. The zero-order valence-electron chi connectivity index (χ0n) is 14.3. The number of fused-ring (bicyclic) bond motifs is 2. The molecule has 1 amide bonds. The topological polar surface area (TPSA) is 66.4 Å².